The molecule has 2 rings (SSSR count). The van der Waals surface area contributed by atoms with E-state index in [1.54, 1.807) is 25.1 Å². The second-order valence-electron chi connectivity index (χ2n) is 4.41. The van der Waals surface area contributed by atoms with Gasteiger partial charge in [0, 0.05) is 15.7 Å². The molecule has 2 aromatic rings. The van der Waals surface area contributed by atoms with Crippen LogP contribution in [-0.2, 0) is 0 Å². The van der Waals surface area contributed by atoms with E-state index < -0.39 is 5.91 Å². The molecule has 0 unspecified atom stereocenters. The Morgan fingerprint density at radius 1 is 1.55 bits per heavy atom. The Morgan fingerprint density at radius 2 is 2.32 bits per heavy atom. The number of nitrogens with one attached hydrogen (secondary N) is 2. The van der Waals surface area contributed by atoms with Gasteiger partial charge in [0.15, 0.2) is 17.2 Å². The molecular weight excluding hydrogens is 352 g/mol. The van der Waals surface area contributed by atoms with Crippen molar-refractivity contribution in [1.82, 2.24) is 15.6 Å². The Morgan fingerprint density at radius 3 is 2.95 bits per heavy atom. The molecule has 0 radical (unpaired) electrons. The highest BCUT2D eigenvalue weighted by Crippen LogP contribution is 2.32. The standard InChI is InChI=1S/C14H15BrN4O3/c1-3-22-12-6-10(15)5-9(13(12)20)7-16-19-14(21)11-4-8(2)17-18-11/h4-7,20H,3H2,1-2H3,(H,17,18)(H,19,21)/b16-7-. The number of H-pyrrole nitrogens is 1. The molecule has 7 nitrogen and oxygen atoms in total. The van der Waals surface area contributed by atoms with E-state index >= 15 is 0 Å². The number of aromatic amines is 1. The number of amides is 1. The molecule has 0 fully saturated rings. The predicted molar refractivity (Wildman–Crippen MR) is 85.4 cm³/mol. The highest BCUT2D eigenvalue weighted by Gasteiger charge is 2.10. The topological polar surface area (TPSA) is 99.6 Å². The van der Waals surface area contributed by atoms with Crippen molar-refractivity contribution in [3.63, 3.8) is 0 Å². The fraction of sp³-hybridized carbons (Fsp3) is 0.214. The summed E-state index contributed by atoms with van der Waals surface area (Å²) >= 11 is 3.32. The number of hydrogen-bond acceptors (Lipinski definition) is 5. The van der Waals surface area contributed by atoms with Crippen LogP contribution in [0.2, 0.25) is 0 Å². The number of carbonyl (C=O) groups is 1. The number of nitrogens with zero attached hydrogens (tertiary/aromatic N) is 2. The summed E-state index contributed by atoms with van der Waals surface area (Å²) in [6, 6.07) is 4.92. The second kappa shape index (κ2) is 7.08. The van der Waals surface area contributed by atoms with Gasteiger partial charge in [-0.3, -0.25) is 9.89 Å². The Balaban J connectivity index is 2.11. The van der Waals surface area contributed by atoms with Gasteiger partial charge in [0.25, 0.3) is 5.91 Å². The third kappa shape index (κ3) is 3.85. The zero-order valence-electron chi connectivity index (χ0n) is 12.1. The molecular formula is C14H15BrN4O3. The lowest BCUT2D eigenvalue weighted by molar-refractivity contribution is 0.0950. The van der Waals surface area contributed by atoms with Crippen molar-refractivity contribution in [2.24, 2.45) is 5.10 Å². The first kappa shape index (κ1) is 16.0. The average molecular weight is 367 g/mol. The number of aromatic nitrogens is 2. The Hall–Kier alpha value is -2.35. The number of halogens is 1. The van der Waals surface area contributed by atoms with Gasteiger partial charge in [-0.15, -0.1) is 0 Å². The van der Waals surface area contributed by atoms with Gasteiger partial charge in [0.2, 0.25) is 0 Å². The lowest BCUT2D eigenvalue weighted by Crippen LogP contribution is -2.18. The number of phenolic OH excluding ortho intramolecular Hbond substituents is 1. The number of rotatable bonds is 5. The summed E-state index contributed by atoms with van der Waals surface area (Å²) < 4.78 is 6.04. The van der Waals surface area contributed by atoms with Crippen molar-refractivity contribution >= 4 is 28.1 Å². The molecule has 116 valence electrons. The monoisotopic (exact) mass is 366 g/mol. The maximum absolute atomic E-state index is 11.8. The predicted octanol–water partition coefficient (Wildman–Crippen LogP) is 2.35. The first-order chi connectivity index (χ1) is 10.5. The van der Waals surface area contributed by atoms with Crippen molar-refractivity contribution in [1.29, 1.82) is 0 Å². The van der Waals surface area contributed by atoms with Gasteiger partial charge < -0.3 is 9.84 Å². The van der Waals surface area contributed by atoms with Crippen LogP contribution in [0.1, 0.15) is 28.7 Å². The summed E-state index contributed by atoms with van der Waals surface area (Å²) in [5.41, 5.74) is 3.77. The molecule has 0 aliphatic carbocycles. The fourth-order valence-electron chi connectivity index (χ4n) is 1.71. The van der Waals surface area contributed by atoms with Crippen LogP contribution in [0.4, 0.5) is 0 Å². The molecule has 8 heteroatoms. The number of phenols is 1. The molecule has 0 aliphatic rings. The van der Waals surface area contributed by atoms with Gasteiger partial charge in [0.05, 0.1) is 12.8 Å². The number of aromatic hydroxyl groups is 1. The number of ether oxygens (including phenoxy) is 1. The molecule has 1 aromatic carbocycles. The molecule has 3 N–H and O–H groups in total. The van der Waals surface area contributed by atoms with E-state index in [1.165, 1.54) is 6.21 Å². The summed E-state index contributed by atoms with van der Waals surface area (Å²) in [5.74, 6) is -0.147. The van der Waals surface area contributed by atoms with Crippen LogP contribution in [0, 0.1) is 6.92 Å². The fourth-order valence-corrected chi connectivity index (χ4v) is 2.16. The molecule has 0 atom stereocenters. The van der Waals surface area contributed by atoms with Crippen molar-refractivity contribution in [2.45, 2.75) is 13.8 Å². The van der Waals surface area contributed by atoms with Gasteiger partial charge in [-0.2, -0.15) is 10.2 Å². The van der Waals surface area contributed by atoms with Crippen LogP contribution in [0.15, 0.2) is 27.8 Å². The van der Waals surface area contributed by atoms with E-state index in [2.05, 4.69) is 36.7 Å². The van der Waals surface area contributed by atoms with E-state index in [-0.39, 0.29) is 11.4 Å². The summed E-state index contributed by atoms with van der Waals surface area (Å²) in [6.07, 6.45) is 1.33. The molecule has 0 spiro atoms. The van der Waals surface area contributed by atoms with Gasteiger partial charge in [-0.05, 0) is 32.0 Å². The van der Waals surface area contributed by atoms with Crippen molar-refractivity contribution < 1.29 is 14.6 Å². The molecule has 22 heavy (non-hydrogen) atoms. The zero-order chi connectivity index (χ0) is 16.1. The zero-order valence-corrected chi connectivity index (χ0v) is 13.6. The highest BCUT2D eigenvalue weighted by molar-refractivity contribution is 9.10. The van der Waals surface area contributed by atoms with Gasteiger partial charge in [-0.25, -0.2) is 5.43 Å². The molecule has 0 bridgehead atoms. The Bertz CT molecular complexity index is 712. The van der Waals surface area contributed by atoms with E-state index in [9.17, 15) is 9.90 Å². The van der Waals surface area contributed by atoms with E-state index in [0.717, 1.165) is 10.2 Å². The van der Waals surface area contributed by atoms with Crippen LogP contribution in [-0.4, -0.2) is 34.0 Å². The number of hydrogen-bond donors (Lipinski definition) is 3. The second-order valence-corrected chi connectivity index (χ2v) is 5.33. The minimum atomic E-state index is -0.444. The number of carbonyl (C=O) groups excluding carboxylic acids is 1. The van der Waals surface area contributed by atoms with Gasteiger partial charge >= 0.3 is 0 Å². The van der Waals surface area contributed by atoms with Crippen LogP contribution < -0.4 is 10.2 Å². The Kier molecular flexibility index (Phi) is 5.16. The van der Waals surface area contributed by atoms with E-state index in [1.807, 2.05) is 6.92 Å². The lowest BCUT2D eigenvalue weighted by Gasteiger charge is -2.08. The van der Waals surface area contributed by atoms with E-state index in [0.29, 0.717) is 17.9 Å². The van der Waals surface area contributed by atoms with Gasteiger partial charge in [0.1, 0.15) is 0 Å². The number of aryl methyl sites for hydroxylation is 1. The summed E-state index contributed by atoms with van der Waals surface area (Å²) in [7, 11) is 0. The number of hydrazone groups is 1. The molecule has 1 aromatic heterocycles. The Labute approximate surface area is 135 Å². The molecule has 0 saturated heterocycles. The first-order valence-electron chi connectivity index (χ1n) is 6.52. The maximum Gasteiger partial charge on any atom is 0.291 e. The third-order valence-electron chi connectivity index (χ3n) is 2.68. The smallest absolute Gasteiger partial charge is 0.291 e. The first-order valence-corrected chi connectivity index (χ1v) is 7.31. The van der Waals surface area contributed by atoms with Crippen molar-refractivity contribution in [2.75, 3.05) is 6.61 Å². The molecule has 0 saturated carbocycles. The number of benzene rings is 1. The highest BCUT2D eigenvalue weighted by atomic mass is 79.9. The van der Waals surface area contributed by atoms with Crippen molar-refractivity contribution in [3.8, 4) is 11.5 Å². The summed E-state index contributed by atoms with van der Waals surface area (Å²) in [4.78, 5) is 11.8. The minimum absolute atomic E-state index is 0.0429. The minimum Gasteiger partial charge on any atom is -0.504 e. The maximum atomic E-state index is 11.8. The summed E-state index contributed by atoms with van der Waals surface area (Å²) in [6.45, 7) is 4.04. The third-order valence-corrected chi connectivity index (χ3v) is 3.14. The van der Waals surface area contributed by atoms with E-state index in [4.69, 9.17) is 4.74 Å². The quantitative estimate of drug-likeness (QED) is 0.558. The van der Waals surface area contributed by atoms with Crippen molar-refractivity contribution in [3.05, 3.63) is 39.6 Å². The van der Waals surface area contributed by atoms with Crippen LogP contribution in [0.5, 0.6) is 11.5 Å². The van der Waals surface area contributed by atoms with Crippen LogP contribution in [0.3, 0.4) is 0 Å². The van der Waals surface area contributed by atoms with Crippen LogP contribution >= 0.6 is 15.9 Å². The van der Waals surface area contributed by atoms with Gasteiger partial charge in [-0.1, -0.05) is 15.9 Å². The largest absolute Gasteiger partial charge is 0.504 e. The lowest BCUT2D eigenvalue weighted by atomic mass is 10.2. The normalized spacial score (nSPS) is 10.9. The average Bonchev–Trinajstić information content (AvgIpc) is 2.90. The molecule has 1 amide bonds. The summed E-state index contributed by atoms with van der Waals surface area (Å²) in [5, 5.41) is 20.4. The molecule has 1 heterocycles. The molecule has 0 aliphatic heterocycles. The van der Waals surface area contributed by atoms with Crippen LogP contribution in [0.25, 0.3) is 0 Å². The SMILES string of the molecule is CCOc1cc(Br)cc(/C=N\NC(=O)c2cc(C)[nH]n2)c1O.